The first-order chi connectivity index (χ1) is 4.26. The van der Waals surface area contributed by atoms with E-state index in [0.29, 0.717) is 12.5 Å². The molecular formula is C7H17NO. The highest BCUT2D eigenvalue weighted by Gasteiger charge is 2.12. The summed E-state index contributed by atoms with van der Waals surface area (Å²) in [5, 5.41) is 9.24. The zero-order valence-corrected chi connectivity index (χ0v) is 6.30. The molecule has 0 aliphatic carbocycles. The van der Waals surface area contributed by atoms with Crippen LogP contribution in [0.4, 0.5) is 0 Å². The molecule has 0 heterocycles. The summed E-state index contributed by atoms with van der Waals surface area (Å²) < 4.78 is 0. The van der Waals surface area contributed by atoms with Crippen molar-refractivity contribution in [3.05, 3.63) is 0 Å². The van der Waals surface area contributed by atoms with Crippen molar-refractivity contribution in [1.29, 1.82) is 0 Å². The van der Waals surface area contributed by atoms with Gasteiger partial charge in [-0.1, -0.05) is 13.8 Å². The maximum Gasteiger partial charge on any atom is 0.0577 e. The fourth-order valence-corrected chi connectivity index (χ4v) is 0.929. The summed E-state index contributed by atoms with van der Waals surface area (Å²) in [6.07, 6.45) is 1.60. The molecule has 0 saturated heterocycles. The quantitative estimate of drug-likeness (QED) is 0.591. The van der Waals surface area contributed by atoms with Crippen molar-refractivity contribution in [1.82, 2.24) is 0 Å². The van der Waals surface area contributed by atoms with Gasteiger partial charge in [-0.2, -0.15) is 0 Å². The van der Waals surface area contributed by atoms with E-state index >= 15 is 0 Å². The molecule has 0 bridgehead atoms. The topological polar surface area (TPSA) is 46.2 Å². The normalized spacial score (nSPS) is 17.3. The molecule has 0 aliphatic rings. The lowest BCUT2D eigenvalue weighted by atomic mass is 9.98. The van der Waals surface area contributed by atoms with Gasteiger partial charge in [-0.15, -0.1) is 0 Å². The molecule has 2 heteroatoms. The third kappa shape index (κ3) is 2.82. The fourth-order valence-electron chi connectivity index (χ4n) is 0.929. The first-order valence-corrected chi connectivity index (χ1v) is 3.64. The summed E-state index contributed by atoms with van der Waals surface area (Å²) in [5.74, 6) is 0.301. The maximum atomic E-state index is 9.24. The summed E-state index contributed by atoms with van der Waals surface area (Å²) in [4.78, 5) is 0. The van der Waals surface area contributed by atoms with E-state index in [1.807, 2.05) is 6.92 Å². The number of hydrogen-bond donors (Lipinski definition) is 2. The van der Waals surface area contributed by atoms with Gasteiger partial charge in [0, 0.05) is 0 Å². The van der Waals surface area contributed by atoms with Gasteiger partial charge < -0.3 is 10.8 Å². The van der Waals surface area contributed by atoms with E-state index in [0.717, 1.165) is 12.8 Å². The van der Waals surface area contributed by atoms with Crippen LogP contribution >= 0.6 is 0 Å². The van der Waals surface area contributed by atoms with Crippen molar-refractivity contribution in [3.8, 4) is 0 Å². The predicted octanol–water partition coefficient (Wildman–Crippen LogP) is 0.742. The lowest BCUT2D eigenvalue weighted by Gasteiger charge is -2.17. The van der Waals surface area contributed by atoms with Crippen molar-refractivity contribution < 1.29 is 5.11 Å². The summed E-state index contributed by atoms with van der Waals surface area (Å²) in [6.45, 7) is 4.63. The van der Waals surface area contributed by atoms with Crippen LogP contribution in [0.5, 0.6) is 0 Å². The monoisotopic (exact) mass is 131 g/mol. The van der Waals surface area contributed by atoms with Gasteiger partial charge in [-0.05, 0) is 25.3 Å². The minimum Gasteiger partial charge on any atom is -0.393 e. The predicted molar refractivity (Wildman–Crippen MR) is 39.1 cm³/mol. The third-order valence-electron chi connectivity index (χ3n) is 1.79. The average Bonchev–Trinajstić information content (AvgIpc) is 1.90. The average molecular weight is 131 g/mol. The lowest BCUT2D eigenvalue weighted by molar-refractivity contribution is 0.105. The third-order valence-corrected chi connectivity index (χ3v) is 1.79. The molecule has 0 radical (unpaired) electrons. The Balaban J connectivity index is 3.50. The number of rotatable bonds is 4. The molecule has 3 N–H and O–H groups in total. The van der Waals surface area contributed by atoms with Gasteiger partial charge in [-0.3, -0.25) is 0 Å². The van der Waals surface area contributed by atoms with Crippen LogP contribution in [-0.4, -0.2) is 17.8 Å². The second-order valence-corrected chi connectivity index (χ2v) is 2.38. The number of hydrogen-bond acceptors (Lipinski definition) is 2. The van der Waals surface area contributed by atoms with Crippen LogP contribution in [0.3, 0.4) is 0 Å². The first kappa shape index (κ1) is 8.92. The Labute approximate surface area is 57.1 Å². The number of aliphatic hydroxyl groups excluding tert-OH is 1. The Morgan fingerprint density at radius 3 is 2.00 bits per heavy atom. The van der Waals surface area contributed by atoms with Gasteiger partial charge in [-0.25, -0.2) is 0 Å². The van der Waals surface area contributed by atoms with Crippen LogP contribution in [0.15, 0.2) is 0 Å². The molecule has 2 unspecified atom stereocenters. The Kier molecular flexibility index (Phi) is 4.72. The fraction of sp³-hybridized carbons (Fsp3) is 1.00. The van der Waals surface area contributed by atoms with Gasteiger partial charge >= 0.3 is 0 Å². The van der Waals surface area contributed by atoms with Gasteiger partial charge in [0.15, 0.2) is 0 Å². The molecule has 0 aromatic carbocycles. The molecule has 0 aromatic heterocycles. The SMILES string of the molecule is CCC(O)C(CC)CN. The molecule has 0 saturated carbocycles. The van der Waals surface area contributed by atoms with E-state index in [9.17, 15) is 5.11 Å². The van der Waals surface area contributed by atoms with Crippen LogP contribution in [0, 0.1) is 5.92 Å². The molecule has 2 nitrogen and oxygen atoms in total. The molecule has 56 valence electrons. The van der Waals surface area contributed by atoms with Crippen LogP contribution in [0.1, 0.15) is 26.7 Å². The smallest absolute Gasteiger partial charge is 0.0577 e. The zero-order valence-electron chi connectivity index (χ0n) is 6.30. The van der Waals surface area contributed by atoms with Crippen LogP contribution < -0.4 is 5.73 Å². The first-order valence-electron chi connectivity index (χ1n) is 3.64. The van der Waals surface area contributed by atoms with Crippen molar-refractivity contribution in [2.24, 2.45) is 11.7 Å². The maximum absolute atomic E-state index is 9.24. The van der Waals surface area contributed by atoms with Crippen LogP contribution in [-0.2, 0) is 0 Å². The lowest BCUT2D eigenvalue weighted by Crippen LogP contribution is -2.26. The molecule has 0 spiro atoms. The van der Waals surface area contributed by atoms with Crippen molar-refractivity contribution in [3.63, 3.8) is 0 Å². The second-order valence-electron chi connectivity index (χ2n) is 2.38. The molecule has 0 aliphatic heterocycles. The molecule has 2 atom stereocenters. The summed E-state index contributed by atoms with van der Waals surface area (Å²) in [7, 11) is 0. The minimum atomic E-state index is -0.194. The van der Waals surface area contributed by atoms with Crippen molar-refractivity contribution in [2.45, 2.75) is 32.8 Å². The van der Waals surface area contributed by atoms with Crippen molar-refractivity contribution in [2.75, 3.05) is 6.54 Å². The van der Waals surface area contributed by atoms with E-state index in [-0.39, 0.29) is 6.10 Å². The number of aliphatic hydroxyl groups is 1. The molecule has 0 aromatic rings. The molecule has 0 fully saturated rings. The molecular weight excluding hydrogens is 114 g/mol. The highest BCUT2D eigenvalue weighted by Crippen LogP contribution is 2.08. The summed E-state index contributed by atoms with van der Waals surface area (Å²) in [6, 6.07) is 0. The van der Waals surface area contributed by atoms with Crippen LogP contribution in [0.2, 0.25) is 0 Å². The summed E-state index contributed by atoms with van der Waals surface area (Å²) in [5.41, 5.74) is 5.40. The zero-order chi connectivity index (χ0) is 7.28. The van der Waals surface area contributed by atoms with E-state index in [1.165, 1.54) is 0 Å². The molecule has 9 heavy (non-hydrogen) atoms. The standard InChI is InChI=1S/C7H17NO/c1-3-6(5-8)7(9)4-2/h6-7,9H,3-5,8H2,1-2H3. The minimum absolute atomic E-state index is 0.194. The van der Waals surface area contributed by atoms with Gasteiger partial charge in [0.2, 0.25) is 0 Å². The molecule has 0 amide bonds. The molecule has 0 rings (SSSR count). The Morgan fingerprint density at radius 1 is 1.33 bits per heavy atom. The van der Waals surface area contributed by atoms with Crippen molar-refractivity contribution >= 4 is 0 Å². The van der Waals surface area contributed by atoms with E-state index < -0.39 is 0 Å². The largest absolute Gasteiger partial charge is 0.393 e. The van der Waals surface area contributed by atoms with E-state index in [4.69, 9.17) is 5.73 Å². The Morgan fingerprint density at radius 2 is 1.89 bits per heavy atom. The van der Waals surface area contributed by atoms with Gasteiger partial charge in [0.1, 0.15) is 0 Å². The van der Waals surface area contributed by atoms with Gasteiger partial charge in [0.05, 0.1) is 6.10 Å². The Bertz CT molecular complexity index is 61.9. The highest BCUT2D eigenvalue weighted by atomic mass is 16.3. The second kappa shape index (κ2) is 4.77. The van der Waals surface area contributed by atoms with E-state index in [2.05, 4.69) is 6.92 Å². The van der Waals surface area contributed by atoms with Gasteiger partial charge in [0.25, 0.3) is 0 Å². The number of nitrogens with two attached hydrogens (primary N) is 1. The Hall–Kier alpha value is -0.0800. The summed E-state index contributed by atoms with van der Waals surface area (Å²) >= 11 is 0. The van der Waals surface area contributed by atoms with E-state index in [1.54, 1.807) is 0 Å². The van der Waals surface area contributed by atoms with Crippen LogP contribution in [0.25, 0.3) is 0 Å². The highest BCUT2D eigenvalue weighted by molar-refractivity contribution is 4.65.